The lowest BCUT2D eigenvalue weighted by molar-refractivity contribution is -0.137. The number of aromatic nitrogens is 2. The Kier molecular flexibility index (Phi) is 10.1. The average molecular weight is 561 g/mol. The number of anilines is 1. The summed E-state index contributed by atoms with van der Waals surface area (Å²) in [4.78, 5) is 47.5. The van der Waals surface area contributed by atoms with E-state index in [4.69, 9.17) is 11.5 Å². The van der Waals surface area contributed by atoms with E-state index < -0.39 is 11.2 Å². The van der Waals surface area contributed by atoms with Gasteiger partial charge in [-0.2, -0.15) is 4.98 Å². The molecule has 2 aliphatic heterocycles. The maximum atomic E-state index is 12.7. The molecule has 2 aromatic rings. The predicted octanol–water partition coefficient (Wildman–Crippen LogP) is 1.28. The van der Waals surface area contributed by atoms with E-state index in [1.54, 1.807) is 35.9 Å². The highest BCUT2D eigenvalue weighted by molar-refractivity contribution is 5.89. The van der Waals surface area contributed by atoms with E-state index in [-0.39, 0.29) is 30.2 Å². The van der Waals surface area contributed by atoms with Crippen LogP contribution >= 0.6 is 12.4 Å². The minimum absolute atomic E-state index is 0. The first-order chi connectivity index (χ1) is 18.0. The molecule has 5 N–H and O–H groups in total. The highest BCUT2D eigenvalue weighted by Crippen LogP contribution is 2.23. The molecule has 3 heterocycles. The number of hydrogen-bond acceptors (Lipinski definition) is 7. The van der Waals surface area contributed by atoms with Crippen molar-refractivity contribution in [2.24, 2.45) is 17.4 Å². The highest BCUT2D eigenvalue weighted by Gasteiger charge is 2.31. The normalized spacial score (nSPS) is 17.3. The number of hydrogen-bond donors (Lipinski definition) is 3. The number of amides is 3. The topological polar surface area (TPSA) is 143 Å². The van der Waals surface area contributed by atoms with Crippen LogP contribution in [0.3, 0.4) is 0 Å². The third kappa shape index (κ3) is 7.57. The van der Waals surface area contributed by atoms with Gasteiger partial charge < -0.3 is 21.3 Å². The molecule has 39 heavy (non-hydrogen) atoms. The number of benzene rings is 1. The van der Waals surface area contributed by atoms with Crippen molar-refractivity contribution in [2.45, 2.75) is 45.2 Å². The van der Waals surface area contributed by atoms with Gasteiger partial charge in [0.15, 0.2) is 0 Å². The van der Waals surface area contributed by atoms with Gasteiger partial charge in [0.05, 0.1) is 11.2 Å². The lowest BCUT2D eigenvalue weighted by Crippen LogP contribution is -2.58. The van der Waals surface area contributed by atoms with Gasteiger partial charge in [-0.05, 0) is 69.8 Å². The first kappa shape index (κ1) is 30.6. The van der Waals surface area contributed by atoms with Gasteiger partial charge in [-0.3, -0.25) is 19.6 Å². The molecular weight excluding hydrogens is 520 g/mol. The van der Waals surface area contributed by atoms with Crippen molar-refractivity contribution in [3.63, 3.8) is 0 Å². The van der Waals surface area contributed by atoms with Gasteiger partial charge in [-0.25, -0.2) is 9.59 Å². The summed E-state index contributed by atoms with van der Waals surface area (Å²) in [6.45, 7) is 10.1. The summed E-state index contributed by atoms with van der Waals surface area (Å²) in [6, 6.07) is 9.62. The fourth-order valence-corrected chi connectivity index (χ4v) is 5.03. The molecule has 1 aromatic heterocycles. The fourth-order valence-electron chi connectivity index (χ4n) is 5.03. The molecule has 4 rings (SSSR count). The number of likely N-dealkylation sites (tertiary alicyclic amines) is 1. The Hall–Kier alpha value is -2.99. The van der Waals surface area contributed by atoms with Gasteiger partial charge in [-0.15, -0.1) is 12.4 Å². The standard InChI is InChI=1S/C27H40N8O3.ClH/c1-19(34-17-21(18-34)8-10-28)16-20-4-6-22(7-5-20)35-11-9-23(31-26(35)38)30-25(37)33-14-12-32(13-15-33)24(36)27(2,3)29;/h4-7,9,11,19,21H,8,10,12-18,28-29H2,1-3H3,(H,30,31,37,38);1H. The smallest absolute Gasteiger partial charge is 0.338 e. The van der Waals surface area contributed by atoms with Crippen molar-refractivity contribution in [2.75, 3.05) is 51.1 Å². The number of carbonyl (C=O) groups excluding carboxylic acids is 2. The van der Waals surface area contributed by atoms with E-state index in [1.807, 2.05) is 24.3 Å². The second-order valence-corrected chi connectivity index (χ2v) is 11.0. The minimum Gasteiger partial charge on any atom is -0.338 e. The molecule has 1 unspecified atom stereocenters. The highest BCUT2D eigenvalue weighted by atomic mass is 35.5. The Labute approximate surface area is 235 Å². The summed E-state index contributed by atoms with van der Waals surface area (Å²) < 4.78 is 1.45. The van der Waals surface area contributed by atoms with Gasteiger partial charge in [0.1, 0.15) is 5.82 Å². The Bertz CT molecular complexity index is 1180. The van der Waals surface area contributed by atoms with E-state index >= 15 is 0 Å². The fraction of sp³-hybridized carbons (Fsp3) is 0.556. The lowest BCUT2D eigenvalue weighted by Gasteiger charge is -2.43. The Balaban J connectivity index is 0.00000420. The second-order valence-electron chi connectivity index (χ2n) is 11.0. The first-order valence-corrected chi connectivity index (χ1v) is 13.3. The number of nitrogens with one attached hydrogen (secondary N) is 1. The van der Waals surface area contributed by atoms with Crippen molar-refractivity contribution < 1.29 is 9.59 Å². The van der Waals surface area contributed by atoms with Crippen molar-refractivity contribution in [1.82, 2.24) is 24.3 Å². The zero-order valence-electron chi connectivity index (χ0n) is 23.0. The Morgan fingerprint density at radius 2 is 1.69 bits per heavy atom. The van der Waals surface area contributed by atoms with E-state index in [0.717, 1.165) is 38.4 Å². The molecule has 0 aliphatic carbocycles. The van der Waals surface area contributed by atoms with Crippen LogP contribution in [0.1, 0.15) is 32.8 Å². The van der Waals surface area contributed by atoms with E-state index in [2.05, 4.69) is 22.1 Å². The van der Waals surface area contributed by atoms with Crippen molar-refractivity contribution >= 4 is 30.2 Å². The third-order valence-electron chi connectivity index (χ3n) is 7.37. The van der Waals surface area contributed by atoms with Crippen LogP contribution in [0.5, 0.6) is 0 Å². The zero-order chi connectivity index (χ0) is 27.4. The van der Waals surface area contributed by atoms with Gasteiger partial charge in [-0.1, -0.05) is 12.1 Å². The van der Waals surface area contributed by atoms with Crippen LogP contribution < -0.4 is 22.5 Å². The molecule has 0 spiro atoms. The summed E-state index contributed by atoms with van der Waals surface area (Å²) in [7, 11) is 0. The molecule has 2 aliphatic rings. The SMILES string of the molecule is CC(Cc1ccc(-n2ccc(NC(=O)N3CCN(C(=O)C(C)(C)N)CC3)nc2=O)cc1)N1CC(CCN)C1.Cl. The summed E-state index contributed by atoms with van der Waals surface area (Å²) in [5.74, 6) is 0.769. The predicted molar refractivity (Wildman–Crippen MR) is 154 cm³/mol. The van der Waals surface area contributed by atoms with Crippen LogP contribution in [0.25, 0.3) is 5.69 Å². The number of rotatable bonds is 8. The first-order valence-electron chi connectivity index (χ1n) is 13.3. The molecule has 11 nitrogen and oxygen atoms in total. The molecular formula is C27H41ClN8O3. The van der Waals surface area contributed by atoms with Crippen LogP contribution in [-0.2, 0) is 11.2 Å². The van der Waals surface area contributed by atoms with Crippen LogP contribution in [0, 0.1) is 5.92 Å². The molecule has 1 atom stereocenters. The molecule has 1 aromatic carbocycles. The average Bonchev–Trinajstić information content (AvgIpc) is 2.85. The van der Waals surface area contributed by atoms with Gasteiger partial charge >= 0.3 is 11.7 Å². The lowest BCUT2D eigenvalue weighted by atomic mass is 9.93. The number of urea groups is 1. The Morgan fingerprint density at radius 1 is 1.08 bits per heavy atom. The second kappa shape index (κ2) is 12.9. The maximum Gasteiger partial charge on any atom is 0.354 e. The maximum absolute atomic E-state index is 12.7. The molecule has 0 saturated carbocycles. The largest absolute Gasteiger partial charge is 0.354 e. The molecule has 3 amide bonds. The Morgan fingerprint density at radius 3 is 2.26 bits per heavy atom. The van der Waals surface area contributed by atoms with Crippen LogP contribution in [0.4, 0.5) is 10.6 Å². The molecule has 2 saturated heterocycles. The van der Waals surface area contributed by atoms with Crippen LogP contribution in [0.15, 0.2) is 41.3 Å². The summed E-state index contributed by atoms with van der Waals surface area (Å²) in [5.41, 5.74) is 12.1. The number of piperazine rings is 1. The number of nitrogens with zero attached hydrogens (tertiary/aromatic N) is 5. The third-order valence-corrected chi connectivity index (χ3v) is 7.37. The summed E-state index contributed by atoms with van der Waals surface area (Å²) in [6.07, 6.45) is 3.65. The zero-order valence-corrected chi connectivity index (χ0v) is 23.8. The number of halogens is 1. The number of carbonyl (C=O) groups is 2. The van der Waals surface area contributed by atoms with Crippen molar-refractivity contribution in [1.29, 1.82) is 0 Å². The monoisotopic (exact) mass is 560 g/mol. The van der Waals surface area contributed by atoms with Crippen molar-refractivity contribution in [3.05, 3.63) is 52.6 Å². The summed E-state index contributed by atoms with van der Waals surface area (Å²) >= 11 is 0. The van der Waals surface area contributed by atoms with Crippen LogP contribution in [-0.4, -0.2) is 93.6 Å². The van der Waals surface area contributed by atoms with E-state index in [0.29, 0.717) is 37.9 Å². The molecule has 12 heteroatoms. The number of nitrogens with two attached hydrogens (primary N) is 2. The quantitative estimate of drug-likeness (QED) is 0.441. The summed E-state index contributed by atoms with van der Waals surface area (Å²) in [5, 5.41) is 2.69. The minimum atomic E-state index is -0.945. The molecule has 2 fully saturated rings. The molecule has 0 bridgehead atoms. The van der Waals surface area contributed by atoms with Gasteiger partial charge in [0, 0.05) is 51.5 Å². The van der Waals surface area contributed by atoms with E-state index in [1.165, 1.54) is 10.1 Å². The van der Waals surface area contributed by atoms with Gasteiger partial charge in [0.25, 0.3) is 0 Å². The van der Waals surface area contributed by atoms with E-state index in [9.17, 15) is 14.4 Å². The molecule has 0 radical (unpaired) electrons. The molecule has 214 valence electrons. The van der Waals surface area contributed by atoms with Gasteiger partial charge in [0.2, 0.25) is 5.91 Å². The van der Waals surface area contributed by atoms with Crippen molar-refractivity contribution in [3.8, 4) is 5.69 Å². The van der Waals surface area contributed by atoms with Crippen LogP contribution in [0.2, 0.25) is 0 Å².